The van der Waals surface area contributed by atoms with E-state index in [4.69, 9.17) is 0 Å². The number of carbonyl (C=O) groups excluding carboxylic acids is 1. The highest BCUT2D eigenvalue weighted by Crippen LogP contribution is 2.46. The maximum atomic E-state index is 12.0. The molecule has 1 saturated heterocycles. The molecule has 0 spiro atoms. The second-order valence-electron chi connectivity index (χ2n) is 4.72. The van der Waals surface area contributed by atoms with Gasteiger partial charge in [-0.15, -0.1) is 0 Å². The van der Waals surface area contributed by atoms with E-state index in [2.05, 4.69) is 19.6 Å². The van der Waals surface area contributed by atoms with Crippen LogP contribution in [0.2, 0.25) is 0 Å². The average Bonchev–Trinajstić information content (AvgIpc) is 2.58. The number of anilines is 1. The minimum absolute atomic E-state index is 0.0577. The maximum Gasteiger partial charge on any atom is 0.254 e. The van der Waals surface area contributed by atoms with Crippen LogP contribution in [0.3, 0.4) is 0 Å². The molecule has 1 aromatic carbocycles. The highest BCUT2D eigenvalue weighted by Gasteiger charge is 2.49. The summed E-state index contributed by atoms with van der Waals surface area (Å²) in [5.41, 5.74) is 3.04. The molecule has 15 heavy (non-hydrogen) atoms. The molecule has 1 aromatic rings. The second kappa shape index (κ2) is 2.51. The Bertz CT molecular complexity index is 477. The van der Waals surface area contributed by atoms with Gasteiger partial charge in [0.1, 0.15) is 0 Å². The van der Waals surface area contributed by atoms with Crippen LogP contribution < -0.4 is 4.90 Å². The standard InChI is InChI=1S/C13H13NO/c1-9-7-13(2)8-10-5-3-4-6-11(10)14(13)12(9)15/h3-6H,1,7-8H2,2H3. The summed E-state index contributed by atoms with van der Waals surface area (Å²) >= 11 is 0. The smallest absolute Gasteiger partial charge is 0.254 e. The lowest BCUT2D eigenvalue weighted by Crippen LogP contribution is -2.40. The number of hydrogen-bond acceptors (Lipinski definition) is 1. The van der Waals surface area contributed by atoms with Crippen molar-refractivity contribution in [2.45, 2.75) is 25.3 Å². The van der Waals surface area contributed by atoms with Crippen molar-refractivity contribution in [3.05, 3.63) is 42.0 Å². The number of rotatable bonds is 0. The van der Waals surface area contributed by atoms with E-state index in [0.29, 0.717) is 0 Å². The Balaban J connectivity index is 2.19. The van der Waals surface area contributed by atoms with E-state index in [1.54, 1.807) is 0 Å². The lowest BCUT2D eigenvalue weighted by atomic mass is 9.93. The lowest BCUT2D eigenvalue weighted by Gasteiger charge is -2.26. The van der Waals surface area contributed by atoms with Crippen LogP contribution in [0.15, 0.2) is 36.4 Å². The molecule has 0 bridgehead atoms. The first-order chi connectivity index (χ1) is 7.12. The zero-order valence-corrected chi connectivity index (χ0v) is 8.79. The van der Waals surface area contributed by atoms with Gasteiger partial charge in [-0.3, -0.25) is 4.79 Å². The predicted octanol–water partition coefficient (Wildman–Crippen LogP) is 2.29. The molecule has 2 nitrogen and oxygen atoms in total. The Morgan fingerprint density at radius 2 is 2.07 bits per heavy atom. The van der Waals surface area contributed by atoms with Crippen LogP contribution in [0, 0.1) is 0 Å². The van der Waals surface area contributed by atoms with E-state index < -0.39 is 0 Å². The first kappa shape index (κ1) is 8.72. The van der Waals surface area contributed by atoms with Crippen molar-refractivity contribution in [1.29, 1.82) is 0 Å². The van der Waals surface area contributed by atoms with Crippen molar-refractivity contribution in [2.75, 3.05) is 4.90 Å². The summed E-state index contributed by atoms with van der Waals surface area (Å²) in [4.78, 5) is 13.9. The molecular weight excluding hydrogens is 186 g/mol. The van der Waals surface area contributed by atoms with Crippen molar-refractivity contribution in [3.63, 3.8) is 0 Å². The van der Waals surface area contributed by atoms with Gasteiger partial charge >= 0.3 is 0 Å². The van der Waals surface area contributed by atoms with Crippen LogP contribution in [0.1, 0.15) is 18.9 Å². The van der Waals surface area contributed by atoms with Crippen LogP contribution >= 0.6 is 0 Å². The Morgan fingerprint density at radius 3 is 2.87 bits per heavy atom. The van der Waals surface area contributed by atoms with Crippen molar-refractivity contribution < 1.29 is 4.79 Å². The van der Waals surface area contributed by atoms with Gasteiger partial charge in [-0.05, 0) is 25.0 Å². The van der Waals surface area contributed by atoms with Crippen LogP contribution in [0.5, 0.6) is 0 Å². The molecule has 1 unspecified atom stereocenters. The molecule has 1 atom stereocenters. The van der Waals surface area contributed by atoms with Gasteiger partial charge in [-0.1, -0.05) is 24.8 Å². The molecule has 0 saturated carbocycles. The Morgan fingerprint density at radius 1 is 1.33 bits per heavy atom. The van der Waals surface area contributed by atoms with Crippen molar-refractivity contribution in [3.8, 4) is 0 Å². The largest absolute Gasteiger partial charge is 0.302 e. The minimum atomic E-state index is -0.0577. The predicted molar refractivity (Wildman–Crippen MR) is 59.8 cm³/mol. The van der Waals surface area contributed by atoms with Gasteiger partial charge < -0.3 is 4.90 Å². The topological polar surface area (TPSA) is 20.3 Å². The maximum absolute atomic E-state index is 12.0. The van der Waals surface area contributed by atoms with Crippen LogP contribution in [-0.2, 0) is 11.2 Å². The highest BCUT2D eigenvalue weighted by molar-refractivity contribution is 6.10. The number of hydrogen-bond donors (Lipinski definition) is 0. The average molecular weight is 199 g/mol. The van der Waals surface area contributed by atoms with E-state index in [1.165, 1.54) is 5.56 Å². The molecule has 2 aliphatic heterocycles. The first-order valence-electron chi connectivity index (χ1n) is 5.22. The van der Waals surface area contributed by atoms with Gasteiger partial charge in [0.2, 0.25) is 0 Å². The Hall–Kier alpha value is -1.57. The monoisotopic (exact) mass is 199 g/mol. The van der Waals surface area contributed by atoms with Gasteiger partial charge in [0.05, 0.1) is 5.54 Å². The van der Waals surface area contributed by atoms with Crippen LogP contribution in [0.25, 0.3) is 0 Å². The summed E-state index contributed by atoms with van der Waals surface area (Å²) in [6.07, 6.45) is 1.74. The van der Waals surface area contributed by atoms with E-state index in [-0.39, 0.29) is 11.4 Å². The first-order valence-corrected chi connectivity index (χ1v) is 5.22. The van der Waals surface area contributed by atoms with Crippen molar-refractivity contribution in [1.82, 2.24) is 0 Å². The summed E-state index contributed by atoms with van der Waals surface area (Å²) in [7, 11) is 0. The zero-order chi connectivity index (χ0) is 10.6. The van der Waals surface area contributed by atoms with E-state index in [0.717, 1.165) is 24.1 Å². The van der Waals surface area contributed by atoms with E-state index >= 15 is 0 Å². The normalized spacial score (nSPS) is 28.2. The molecule has 0 aliphatic carbocycles. The van der Waals surface area contributed by atoms with Crippen molar-refractivity contribution in [2.24, 2.45) is 0 Å². The minimum Gasteiger partial charge on any atom is -0.302 e. The van der Waals surface area contributed by atoms with Gasteiger partial charge in [0.25, 0.3) is 5.91 Å². The highest BCUT2D eigenvalue weighted by atomic mass is 16.2. The van der Waals surface area contributed by atoms with Crippen LogP contribution in [-0.4, -0.2) is 11.4 Å². The fourth-order valence-corrected chi connectivity index (χ4v) is 2.85. The Kier molecular flexibility index (Phi) is 1.46. The van der Waals surface area contributed by atoms with E-state index in [9.17, 15) is 4.79 Å². The summed E-state index contributed by atoms with van der Waals surface area (Å²) in [6.45, 7) is 5.99. The van der Waals surface area contributed by atoms with Gasteiger partial charge in [0, 0.05) is 17.7 Å². The SMILES string of the molecule is C=C1CC2(C)Cc3ccccc3N2C1=O. The number of para-hydroxylation sites is 1. The summed E-state index contributed by atoms with van der Waals surface area (Å²) < 4.78 is 0. The molecule has 0 aromatic heterocycles. The number of nitrogens with zero attached hydrogens (tertiary/aromatic N) is 1. The number of benzene rings is 1. The molecule has 2 heterocycles. The molecule has 76 valence electrons. The molecule has 0 N–H and O–H groups in total. The zero-order valence-electron chi connectivity index (χ0n) is 8.79. The van der Waals surface area contributed by atoms with E-state index in [1.807, 2.05) is 23.1 Å². The molecule has 0 radical (unpaired) electrons. The molecule has 2 aliphatic rings. The lowest BCUT2D eigenvalue weighted by molar-refractivity contribution is -0.114. The van der Waals surface area contributed by atoms with Gasteiger partial charge in [-0.2, -0.15) is 0 Å². The molecule has 1 amide bonds. The number of fused-ring (bicyclic) bond motifs is 3. The summed E-state index contributed by atoms with van der Waals surface area (Å²) in [5, 5.41) is 0. The number of carbonyl (C=O) groups is 1. The molecule has 3 rings (SSSR count). The quantitative estimate of drug-likeness (QED) is 0.587. The summed E-state index contributed by atoms with van der Waals surface area (Å²) in [5.74, 6) is 0.0995. The van der Waals surface area contributed by atoms with Crippen molar-refractivity contribution >= 4 is 11.6 Å². The third-order valence-corrected chi connectivity index (χ3v) is 3.44. The third kappa shape index (κ3) is 0.965. The fourth-order valence-electron chi connectivity index (χ4n) is 2.85. The van der Waals surface area contributed by atoms with Crippen LogP contribution in [0.4, 0.5) is 5.69 Å². The fraction of sp³-hybridized carbons (Fsp3) is 0.308. The second-order valence-corrected chi connectivity index (χ2v) is 4.72. The van der Waals surface area contributed by atoms with Gasteiger partial charge in [0.15, 0.2) is 0 Å². The molecule has 1 fully saturated rings. The third-order valence-electron chi connectivity index (χ3n) is 3.44. The number of amides is 1. The molecular formula is C13H13NO. The van der Waals surface area contributed by atoms with Gasteiger partial charge in [-0.25, -0.2) is 0 Å². The summed E-state index contributed by atoms with van der Waals surface area (Å²) in [6, 6.07) is 8.15. The molecule has 2 heteroatoms. The Labute approximate surface area is 89.2 Å².